The van der Waals surface area contributed by atoms with E-state index in [1.165, 1.54) is 0 Å². The highest BCUT2D eigenvalue weighted by atomic mass is 16.6. The van der Waals surface area contributed by atoms with Gasteiger partial charge in [-0.15, -0.1) is 0 Å². The SMILES string of the molecule is CC(C)(C)OC(=O)N1CC[C@H](OC(=O)c2ccccc2)[C@H]1COCc1ccccc1. The largest absolute Gasteiger partial charge is 0.456 e. The lowest BCUT2D eigenvalue weighted by atomic mass is 10.1. The fourth-order valence-corrected chi connectivity index (χ4v) is 3.36. The van der Waals surface area contributed by atoms with Gasteiger partial charge in [-0.1, -0.05) is 48.5 Å². The second-order valence-corrected chi connectivity index (χ2v) is 8.34. The first-order valence-electron chi connectivity index (χ1n) is 10.2. The van der Waals surface area contributed by atoms with Crippen LogP contribution >= 0.6 is 0 Å². The van der Waals surface area contributed by atoms with Gasteiger partial charge >= 0.3 is 12.1 Å². The molecule has 1 aliphatic rings. The van der Waals surface area contributed by atoms with E-state index in [9.17, 15) is 9.59 Å². The maximum atomic E-state index is 12.7. The van der Waals surface area contributed by atoms with Crippen LogP contribution in [0, 0.1) is 0 Å². The molecule has 0 unspecified atom stereocenters. The maximum Gasteiger partial charge on any atom is 0.410 e. The number of likely N-dealkylation sites (tertiary alicyclic amines) is 1. The van der Waals surface area contributed by atoms with Crippen LogP contribution in [0.25, 0.3) is 0 Å². The Labute approximate surface area is 177 Å². The predicted octanol–water partition coefficient (Wildman–Crippen LogP) is 4.44. The zero-order valence-electron chi connectivity index (χ0n) is 17.7. The molecule has 30 heavy (non-hydrogen) atoms. The third-order valence-corrected chi connectivity index (χ3v) is 4.78. The monoisotopic (exact) mass is 411 g/mol. The first kappa shape index (κ1) is 21.8. The average Bonchev–Trinajstić information content (AvgIpc) is 3.11. The molecule has 0 N–H and O–H groups in total. The van der Waals surface area contributed by atoms with Gasteiger partial charge in [0, 0.05) is 13.0 Å². The van der Waals surface area contributed by atoms with Crippen molar-refractivity contribution in [2.75, 3.05) is 13.2 Å². The molecule has 6 nitrogen and oxygen atoms in total. The number of ether oxygens (including phenoxy) is 3. The summed E-state index contributed by atoms with van der Waals surface area (Å²) in [7, 11) is 0. The van der Waals surface area contributed by atoms with Crippen LogP contribution in [0.2, 0.25) is 0 Å². The van der Waals surface area contributed by atoms with Crippen LogP contribution in [0.4, 0.5) is 4.79 Å². The van der Waals surface area contributed by atoms with Gasteiger partial charge in [-0.25, -0.2) is 9.59 Å². The second kappa shape index (κ2) is 9.76. The van der Waals surface area contributed by atoms with E-state index in [-0.39, 0.29) is 6.61 Å². The van der Waals surface area contributed by atoms with E-state index in [1.807, 2.05) is 57.2 Å². The summed E-state index contributed by atoms with van der Waals surface area (Å²) in [5.74, 6) is -0.403. The Morgan fingerprint density at radius 3 is 2.27 bits per heavy atom. The van der Waals surface area contributed by atoms with Crippen molar-refractivity contribution in [2.24, 2.45) is 0 Å². The number of rotatable bonds is 6. The summed E-state index contributed by atoms with van der Waals surface area (Å²) < 4.78 is 17.2. The van der Waals surface area contributed by atoms with Gasteiger partial charge in [-0.05, 0) is 38.5 Å². The highest BCUT2D eigenvalue weighted by Gasteiger charge is 2.41. The Hall–Kier alpha value is -2.86. The van der Waals surface area contributed by atoms with E-state index in [2.05, 4.69) is 0 Å². The molecule has 0 aromatic heterocycles. The third-order valence-electron chi connectivity index (χ3n) is 4.78. The zero-order chi connectivity index (χ0) is 21.6. The van der Waals surface area contributed by atoms with Crippen LogP contribution < -0.4 is 0 Å². The Bertz CT molecular complexity index is 832. The van der Waals surface area contributed by atoms with Gasteiger partial charge in [-0.2, -0.15) is 0 Å². The molecular weight excluding hydrogens is 382 g/mol. The molecule has 1 saturated heterocycles. The van der Waals surface area contributed by atoms with Gasteiger partial charge in [0.2, 0.25) is 0 Å². The maximum absolute atomic E-state index is 12.7. The van der Waals surface area contributed by atoms with Crippen LogP contribution in [-0.4, -0.2) is 47.9 Å². The van der Waals surface area contributed by atoms with Crippen LogP contribution in [-0.2, 0) is 20.8 Å². The fourth-order valence-electron chi connectivity index (χ4n) is 3.36. The van der Waals surface area contributed by atoms with Crippen molar-refractivity contribution in [3.05, 3.63) is 71.8 Å². The third kappa shape index (κ3) is 6.07. The summed E-state index contributed by atoms with van der Waals surface area (Å²) in [5.41, 5.74) is 0.917. The summed E-state index contributed by atoms with van der Waals surface area (Å²) >= 11 is 0. The number of amides is 1. The minimum absolute atomic E-state index is 0.251. The van der Waals surface area contributed by atoms with Gasteiger partial charge in [0.1, 0.15) is 11.7 Å². The molecule has 3 rings (SSSR count). The number of carbonyl (C=O) groups is 2. The molecule has 2 aromatic rings. The quantitative estimate of drug-likeness (QED) is 0.658. The first-order chi connectivity index (χ1) is 14.3. The number of hydrogen-bond donors (Lipinski definition) is 0. The molecule has 0 saturated carbocycles. The van der Waals surface area contributed by atoms with Crippen LogP contribution in [0.3, 0.4) is 0 Å². The van der Waals surface area contributed by atoms with Gasteiger partial charge in [0.25, 0.3) is 0 Å². The average molecular weight is 411 g/mol. The van der Waals surface area contributed by atoms with E-state index in [4.69, 9.17) is 14.2 Å². The van der Waals surface area contributed by atoms with Crippen molar-refractivity contribution in [1.82, 2.24) is 4.90 Å². The summed E-state index contributed by atoms with van der Waals surface area (Å²) in [5, 5.41) is 0. The van der Waals surface area contributed by atoms with E-state index in [0.29, 0.717) is 25.1 Å². The summed E-state index contributed by atoms with van der Waals surface area (Å²) in [4.78, 5) is 26.9. The lowest BCUT2D eigenvalue weighted by Crippen LogP contribution is -2.46. The van der Waals surface area contributed by atoms with Crippen molar-refractivity contribution < 1.29 is 23.8 Å². The molecule has 1 heterocycles. The molecule has 0 radical (unpaired) electrons. The number of hydrogen-bond acceptors (Lipinski definition) is 5. The topological polar surface area (TPSA) is 65.1 Å². The van der Waals surface area contributed by atoms with Crippen molar-refractivity contribution in [2.45, 2.75) is 51.5 Å². The van der Waals surface area contributed by atoms with Gasteiger partial charge in [0.05, 0.1) is 24.8 Å². The molecule has 2 atom stereocenters. The molecule has 6 heteroatoms. The molecule has 2 aromatic carbocycles. The molecule has 0 bridgehead atoms. The lowest BCUT2D eigenvalue weighted by molar-refractivity contribution is -0.0188. The fraction of sp³-hybridized carbons (Fsp3) is 0.417. The van der Waals surface area contributed by atoms with Crippen LogP contribution in [0.5, 0.6) is 0 Å². The minimum atomic E-state index is -0.606. The van der Waals surface area contributed by atoms with Crippen molar-refractivity contribution in [3.8, 4) is 0 Å². The molecular formula is C24H29NO5. The molecule has 1 fully saturated rings. The smallest absolute Gasteiger partial charge is 0.410 e. The number of nitrogens with zero attached hydrogens (tertiary/aromatic N) is 1. The van der Waals surface area contributed by atoms with Crippen molar-refractivity contribution in [1.29, 1.82) is 0 Å². The van der Waals surface area contributed by atoms with Gasteiger partial charge in [0.15, 0.2) is 0 Å². The molecule has 1 aliphatic heterocycles. The molecule has 0 aliphatic carbocycles. The zero-order valence-corrected chi connectivity index (χ0v) is 17.7. The van der Waals surface area contributed by atoms with Crippen molar-refractivity contribution in [3.63, 3.8) is 0 Å². The van der Waals surface area contributed by atoms with Gasteiger partial charge in [-0.3, -0.25) is 4.90 Å². The van der Waals surface area contributed by atoms with E-state index in [1.54, 1.807) is 29.2 Å². The lowest BCUT2D eigenvalue weighted by Gasteiger charge is -2.30. The van der Waals surface area contributed by atoms with Crippen LogP contribution in [0.1, 0.15) is 43.1 Å². The normalized spacial score (nSPS) is 18.8. The second-order valence-electron chi connectivity index (χ2n) is 8.34. The Kier molecular flexibility index (Phi) is 7.11. The number of benzene rings is 2. The van der Waals surface area contributed by atoms with E-state index in [0.717, 1.165) is 5.56 Å². The van der Waals surface area contributed by atoms with E-state index < -0.39 is 29.8 Å². The predicted molar refractivity (Wildman–Crippen MR) is 113 cm³/mol. The highest BCUT2D eigenvalue weighted by molar-refractivity contribution is 5.89. The molecule has 160 valence electrons. The molecule has 0 spiro atoms. The molecule has 1 amide bonds. The highest BCUT2D eigenvalue weighted by Crippen LogP contribution is 2.25. The summed E-state index contributed by atoms with van der Waals surface area (Å²) in [6.45, 7) is 6.60. The summed E-state index contributed by atoms with van der Waals surface area (Å²) in [6.07, 6.45) is -0.341. The van der Waals surface area contributed by atoms with Crippen LogP contribution in [0.15, 0.2) is 60.7 Å². The minimum Gasteiger partial charge on any atom is -0.456 e. The van der Waals surface area contributed by atoms with E-state index >= 15 is 0 Å². The summed E-state index contributed by atoms with van der Waals surface area (Å²) in [6, 6.07) is 18.2. The Morgan fingerprint density at radius 2 is 1.63 bits per heavy atom. The standard InChI is InChI=1S/C24H29NO5/c1-24(2,3)30-23(27)25-15-14-21(29-22(26)19-12-8-5-9-13-19)20(25)17-28-16-18-10-6-4-7-11-18/h4-13,20-21H,14-17H2,1-3H3/t20-,21+/m1/s1. The first-order valence-corrected chi connectivity index (χ1v) is 10.2. The van der Waals surface area contributed by atoms with Crippen molar-refractivity contribution >= 4 is 12.1 Å². The van der Waals surface area contributed by atoms with Gasteiger partial charge < -0.3 is 14.2 Å². The Balaban J connectivity index is 1.68. The number of carbonyl (C=O) groups excluding carboxylic acids is 2. The Morgan fingerprint density at radius 1 is 1.00 bits per heavy atom. The number of esters is 1.